The number of rotatable bonds is 4. The van der Waals surface area contributed by atoms with Gasteiger partial charge in [0.1, 0.15) is 10.8 Å². The van der Waals surface area contributed by atoms with Gasteiger partial charge in [0, 0.05) is 18.4 Å². The van der Waals surface area contributed by atoms with Crippen molar-refractivity contribution in [3.8, 4) is 11.1 Å². The zero-order valence-electron chi connectivity index (χ0n) is 10.6. The van der Waals surface area contributed by atoms with E-state index in [0.29, 0.717) is 16.4 Å². The summed E-state index contributed by atoms with van der Waals surface area (Å²) in [6.45, 7) is 1.47. The highest BCUT2D eigenvalue weighted by molar-refractivity contribution is 7.11. The Bertz CT molecular complexity index is 568. The molecule has 0 spiro atoms. The van der Waals surface area contributed by atoms with Crippen LogP contribution in [0.5, 0.6) is 0 Å². The molecule has 0 radical (unpaired) electrons. The van der Waals surface area contributed by atoms with E-state index < -0.39 is 18.6 Å². The Kier molecular flexibility index (Phi) is 4.12. The predicted molar refractivity (Wildman–Crippen MR) is 73.5 cm³/mol. The highest BCUT2D eigenvalue weighted by Crippen LogP contribution is 2.37. The molecule has 0 saturated carbocycles. The van der Waals surface area contributed by atoms with Crippen molar-refractivity contribution in [2.75, 3.05) is 11.1 Å². The number of anilines is 2. The molecule has 0 aliphatic carbocycles. The second-order valence-electron chi connectivity index (χ2n) is 4.37. The van der Waals surface area contributed by atoms with E-state index in [1.165, 1.54) is 6.92 Å². The lowest BCUT2D eigenvalue weighted by Gasteiger charge is -2.16. The van der Waals surface area contributed by atoms with Gasteiger partial charge in [-0.05, 0) is 36.2 Å². The normalized spacial score (nSPS) is 13.2. The molecule has 2 aromatic rings. The molecule has 0 aliphatic heterocycles. The summed E-state index contributed by atoms with van der Waals surface area (Å²) in [6, 6.07) is 2.72. The van der Waals surface area contributed by atoms with E-state index in [2.05, 4.69) is 14.7 Å². The number of pyridine rings is 1. The summed E-state index contributed by atoms with van der Waals surface area (Å²) in [5, 5.41) is 3.35. The Balaban J connectivity index is 2.22. The first kappa shape index (κ1) is 14.6. The Hall–Kier alpha value is -1.83. The van der Waals surface area contributed by atoms with E-state index in [0.717, 1.165) is 17.1 Å². The zero-order chi connectivity index (χ0) is 14.8. The second kappa shape index (κ2) is 5.66. The van der Waals surface area contributed by atoms with E-state index in [1.807, 2.05) is 0 Å². The Morgan fingerprint density at radius 2 is 2.00 bits per heavy atom. The third-order valence-corrected chi connectivity index (χ3v) is 3.40. The van der Waals surface area contributed by atoms with Crippen LogP contribution < -0.4 is 11.1 Å². The fourth-order valence-corrected chi connectivity index (χ4v) is 2.67. The summed E-state index contributed by atoms with van der Waals surface area (Å²) < 4.78 is 41.1. The van der Waals surface area contributed by atoms with Crippen molar-refractivity contribution in [2.45, 2.75) is 25.6 Å². The van der Waals surface area contributed by atoms with Crippen molar-refractivity contribution < 1.29 is 13.2 Å². The van der Waals surface area contributed by atoms with Crippen molar-refractivity contribution in [1.29, 1.82) is 0 Å². The SMILES string of the molecule is CC(CC(F)(F)F)Nc1snc(N)c1-c1ccncc1. The average Bonchev–Trinajstić information content (AvgIpc) is 2.69. The molecule has 2 rings (SSSR count). The monoisotopic (exact) mass is 302 g/mol. The molecule has 0 saturated heterocycles. The molecule has 0 fully saturated rings. The lowest BCUT2D eigenvalue weighted by molar-refractivity contribution is -0.136. The van der Waals surface area contributed by atoms with Gasteiger partial charge in [-0.2, -0.15) is 17.5 Å². The van der Waals surface area contributed by atoms with Crippen LogP contribution in [-0.4, -0.2) is 21.6 Å². The predicted octanol–water partition coefficient (Wildman–Crippen LogP) is 3.54. The largest absolute Gasteiger partial charge is 0.391 e. The summed E-state index contributed by atoms with van der Waals surface area (Å²) in [7, 11) is 0. The van der Waals surface area contributed by atoms with Gasteiger partial charge in [-0.15, -0.1) is 0 Å². The molecule has 8 heteroatoms. The van der Waals surface area contributed by atoms with Crippen LogP contribution in [0.1, 0.15) is 13.3 Å². The van der Waals surface area contributed by atoms with Crippen LogP contribution >= 0.6 is 11.5 Å². The van der Waals surface area contributed by atoms with E-state index >= 15 is 0 Å². The lowest BCUT2D eigenvalue weighted by atomic mass is 10.1. The van der Waals surface area contributed by atoms with Crippen LogP contribution in [-0.2, 0) is 0 Å². The topological polar surface area (TPSA) is 63.8 Å². The van der Waals surface area contributed by atoms with Gasteiger partial charge in [-0.25, -0.2) is 0 Å². The maximum atomic E-state index is 12.4. The van der Waals surface area contributed by atoms with Crippen molar-refractivity contribution in [1.82, 2.24) is 9.36 Å². The first-order chi connectivity index (χ1) is 9.37. The third kappa shape index (κ3) is 3.60. The van der Waals surface area contributed by atoms with Crippen molar-refractivity contribution in [3.63, 3.8) is 0 Å². The minimum Gasteiger partial charge on any atom is -0.382 e. The minimum absolute atomic E-state index is 0.294. The van der Waals surface area contributed by atoms with Crippen LogP contribution in [0.3, 0.4) is 0 Å². The molecular formula is C12H13F3N4S. The van der Waals surface area contributed by atoms with Gasteiger partial charge >= 0.3 is 6.18 Å². The Morgan fingerprint density at radius 3 is 2.60 bits per heavy atom. The number of halogens is 3. The summed E-state index contributed by atoms with van der Waals surface area (Å²) >= 11 is 1.05. The first-order valence-corrected chi connectivity index (χ1v) is 6.63. The molecule has 1 atom stereocenters. The van der Waals surface area contributed by atoms with Crippen molar-refractivity contribution in [2.24, 2.45) is 0 Å². The van der Waals surface area contributed by atoms with E-state index in [4.69, 9.17) is 5.73 Å². The summed E-state index contributed by atoms with van der Waals surface area (Å²) in [5.41, 5.74) is 7.18. The molecule has 0 bridgehead atoms. The smallest absolute Gasteiger partial charge is 0.382 e. The van der Waals surface area contributed by atoms with Gasteiger partial charge in [0.05, 0.1) is 12.0 Å². The van der Waals surface area contributed by atoms with E-state index in [-0.39, 0.29) is 0 Å². The van der Waals surface area contributed by atoms with E-state index in [9.17, 15) is 13.2 Å². The fraction of sp³-hybridized carbons (Fsp3) is 0.333. The maximum Gasteiger partial charge on any atom is 0.391 e. The van der Waals surface area contributed by atoms with Gasteiger partial charge in [0.2, 0.25) is 0 Å². The summed E-state index contributed by atoms with van der Waals surface area (Å²) in [5.74, 6) is 0.294. The molecule has 2 aromatic heterocycles. The number of hydrogen-bond donors (Lipinski definition) is 2. The molecule has 108 valence electrons. The fourth-order valence-electron chi connectivity index (χ4n) is 1.82. The molecular weight excluding hydrogens is 289 g/mol. The van der Waals surface area contributed by atoms with Crippen LogP contribution in [0, 0.1) is 0 Å². The van der Waals surface area contributed by atoms with Gasteiger partial charge in [0.15, 0.2) is 0 Å². The van der Waals surface area contributed by atoms with Gasteiger partial charge < -0.3 is 11.1 Å². The third-order valence-electron chi connectivity index (χ3n) is 2.60. The molecule has 0 aromatic carbocycles. The number of nitrogens with one attached hydrogen (secondary N) is 1. The number of hydrogen-bond acceptors (Lipinski definition) is 5. The maximum absolute atomic E-state index is 12.4. The highest BCUT2D eigenvalue weighted by Gasteiger charge is 2.30. The van der Waals surface area contributed by atoms with Crippen LogP contribution in [0.25, 0.3) is 11.1 Å². The lowest BCUT2D eigenvalue weighted by Crippen LogP contribution is -2.23. The van der Waals surface area contributed by atoms with Gasteiger partial charge in [-0.3, -0.25) is 4.98 Å². The molecule has 4 nitrogen and oxygen atoms in total. The number of alkyl halides is 3. The number of nitrogens with two attached hydrogens (primary N) is 1. The van der Waals surface area contributed by atoms with Gasteiger partial charge in [0.25, 0.3) is 0 Å². The zero-order valence-corrected chi connectivity index (χ0v) is 11.4. The Morgan fingerprint density at radius 1 is 1.35 bits per heavy atom. The highest BCUT2D eigenvalue weighted by atomic mass is 32.1. The van der Waals surface area contributed by atoms with Crippen molar-refractivity contribution >= 4 is 22.4 Å². The standard InChI is InChI=1S/C12H13F3N4S/c1-7(6-12(13,14)15)18-11-9(10(16)19-20-11)8-2-4-17-5-3-8/h2-5,7,18H,6H2,1H3,(H2,16,19). The molecule has 0 aliphatic rings. The summed E-state index contributed by atoms with van der Waals surface area (Å²) in [4.78, 5) is 3.90. The van der Waals surface area contributed by atoms with E-state index in [1.54, 1.807) is 24.5 Å². The average molecular weight is 302 g/mol. The molecule has 2 heterocycles. The number of nitrogens with zero attached hydrogens (tertiary/aromatic N) is 2. The summed E-state index contributed by atoms with van der Waals surface area (Å²) in [6.07, 6.45) is -1.94. The van der Waals surface area contributed by atoms with Crippen molar-refractivity contribution in [3.05, 3.63) is 24.5 Å². The van der Waals surface area contributed by atoms with Crippen LogP contribution in [0.2, 0.25) is 0 Å². The van der Waals surface area contributed by atoms with Crippen LogP contribution in [0.4, 0.5) is 24.0 Å². The quantitative estimate of drug-likeness (QED) is 0.906. The second-order valence-corrected chi connectivity index (χ2v) is 5.15. The minimum atomic E-state index is -4.21. The number of aromatic nitrogens is 2. The molecule has 3 N–H and O–H groups in total. The molecule has 0 amide bonds. The first-order valence-electron chi connectivity index (χ1n) is 5.85. The number of nitrogen functional groups attached to an aromatic ring is 1. The molecule has 20 heavy (non-hydrogen) atoms. The Labute approximate surface area is 118 Å². The van der Waals surface area contributed by atoms with Crippen LogP contribution in [0.15, 0.2) is 24.5 Å². The molecule has 1 unspecified atom stereocenters. The van der Waals surface area contributed by atoms with Gasteiger partial charge in [-0.1, -0.05) is 0 Å².